The van der Waals surface area contributed by atoms with Crippen LogP contribution in [-0.2, 0) is 0 Å². The second-order valence-corrected chi connectivity index (χ2v) is 7.78. The quantitative estimate of drug-likeness (QED) is 0.351. The lowest BCUT2D eigenvalue weighted by atomic mass is 10.0. The third-order valence-electron chi connectivity index (χ3n) is 5.49. The molecule has 2 aliphatic rings. The molecule has 0 spiro atoms. The van der Waals surface area contributed by atoms with Gasteiger partial charge in [-0.15, -0.1) is 0 Å². The van der Waals surface area contributed by atoms with Crippen molar-refractivity contribution in [2.24, 2.45) is 0 Å². The van der Waals surface area contributed by atoms with Gasteiger partial charge < -0.3 is 9.97 Å². The van der Waals surface area contributed by atoms with Crippen molar-refractivity contribution in [3.05, 3.63) is 107 Å². The van der Waals surface area contributed by atoms with Gasteiger partial charge in [0.25, 0.3) is 0 Å². The highest BCUT2D eigenvalue weighted by Crippen LogP contribution is 2.29. The zero-order valence-corrected chi connectivity index (χ0v) is 17.0. The molecule has 0 amide bonds. The monoisotopic (exact) mass is 411 g/mol. The molecule has 150 valence electrons. The smallest absolute Gasteiger partial charge is 0.0991 e. The molecular weight excluding hydrogens is 394 g/mol. The Morgan fingerprint density at radius 3 is 1.88 bits per heavy atom. The van der Waals surface area contributed by atoms with Crippen LogP contribution in [0.2, 0.25) is 0 Å². The van der Waals surface area contributed by atoms with E-state index in [0.29, 0.717) is 5.56 Å². The van der Waals surface area contributed by atoms with Gasteiger partial charge in [0.1, 0.15) is 0 Å². The first kappa shape index (κ1) is 18.1. The number of aromatic nitrogens is 4. The van der Waals surface area contributed by atoms with Crippen LogP contribution in [0.25, 0.3) is 45.9 Å². The molecule has 0 atom stereocenters. The Balaban J connectivity index is 1.61. The summed E-state index contributed by atoms with van der Waals surface area (Å²) < 4.78 is 0. The van der Waals surface area contributed by atoms with Gasteiger partial charge in [0.2, 0.25) is 0 Å². The van der Waals surface area contributed by atoms with Crippen LogP contribution in [0.15, 0.2) is 72.8 Å². The number of nitrogens with one attached hydrogen (secondary N) is 2. The van der Waals surface area contributed by atoms with E-state index in [4.69, 9.17) is 15.2 Å². The second-order valence-electron chi connectivity index (χ2n) is 7.78. The summed E-state index contributed by atoms with van der Waals surface area (Å²) in [6, 6.07) is 26.1. The Morgan fingerprint density at radius 2 is 1.22 bits per heavy atom. The lowest BCUT2D eigenvalue weighted by Crippen LogP contribution is -1.87. The number of rotatable bonds is 1. The van der Waals surface area contributed by atoms with Gasteiger partial charge in [-0.2, -0.15) is 5.26 Å². The Labute approximate surface area is 184 Å². The van der Waals surface area contributed by atoms with Crippen molar-refractivity contribution < 1.29 is 0 Å². The Kier molecular flexibility index (Phi) is 4.09. The molecule has 0 fully saturated rings. The number of benzene rings is 1. The molecule has 6 rings (SSSR count). The van der Waals surface area contributed by atoms with E-state index >= 15 is 0 Å². The molecule has 2 aliphatic heterocycles. The molecule has 0 aliphatic carbocycles. The molecule has 32 heavy (non-hydrogen) atoms. The van der Waals surface area contributed by atoms with E-state index in [1.54, 1.807) is 0 Å². The fraction of sp³-hybridized carbons (Fsp3) is 0. The number of nitrogens with zero attached hydrogens (tertiary/aromatic N) is 3. The molecule has 3 aromatic heterocycles. The van der Waals surface area contributed by atoms with Gasteiger partial charge in [-0.3, -0.25) is 0 Å². The highest BCUT2D eigenvalue weighted by atomic mass is 14.8. The molecule has 4 aromatic rings. The van der Waals surface area contributed by atoms with Crippen LogP contribution < -0.4 is 0 Å². The summed E-state index contributed by atoms with van der Waals surface area (Å²) >= 11 is 0. The lowest BCUT2D eigenvalue weighted by molar-refractivity contribution is 1.27. The van der Waals surface area contributed by atoms with E-state index in [9.17, 15) is 0 Å². The lowest BCUT2D eigenvalue weighted by Gasteiger charge is -2.02. The summed E-state index contributed by atoms with van der Waals surface area (Å²) in [7, 11) is 0. The first-order chi connectivity index (χ1) is 15.7. The van der Waals surface area contributed by atoms with Crippen molar-refractivity contribution in [2.75, 3.05) is 0 Å². The van der Waals surface area contributed by atoms with Crippen molar-refractivity contribution in [1.82, 2.24) is 19.9 Å². The Hall–Kier alpha value is -4.69. The predicted molar refractivity (Wildman–Crippen MR) is 128 cm³/mol. The fourth-order valence-electron chi connectivity index (χ4n) is 3.97. The van der Waals surface area contributed by atoms with E-state index in [0.717, 1.165) is 56.0 Å². The predicted octanol–water partition coefficient (Wildman–Crippen LogP) is 5.95. The molecule has 2 N–H and O–H groups in total. The van der Waals surface area contributed by atoms with E-state index in [2.05, 4.69) is 40.3 Å². The minimum atomic E-state index is 0.636. The number of aromatic amines is 2. The highest BCUT2D eigenvalue weighted by Gasteiger charge is 2.13. The van der Waals surface area contributed by atoms with Crippen LogP contribution in [0.4, 0.5) is 0 Å². The van der Waals surface area contributed by atoms with Crippen LogP contribution >= 0.6 is 0 Å². The Bertz CT molecular complexity index is 1620. The molecule has 8 bridgehead atoms. The van der Waals surface area contributed by atoms with E-state index < -0.39 is 0 Å². The Morgan fingerprint density at radius 1 is 0.625 bits per heavy atom. The van der Waals surface area contributed by atoms with E-state index in [-0.39, 0.29) is 0 Å². The summed E-state index contributed by atoms with van der Waals surface area (Å²) in [5.41, 5.74) is 10.1. The molecule has 5 nitrogen and oxygen atoms in total. The number of H-pyrrole nitrogens is 2. The van der Waals surface area contributed by atoms with Crippen molar-refractivity contribution in [3.8, 4) is 6.07 Å². The summed E-state index contributed by atoms with van der Waals surface area (Å²) in [5, 5.41) is 9.13. The summed E-state index contributed by atoms with van der Waals surface area (Å²) in [6.07, 6.45) is 6.07. The molecular formula is C27H17N5. The van der Waals surface area contributed by atoms with Crippen molar-refractivity contribution in [2.45, 2.75) is 0 Å². The van der Waals surface area contributed by atoms with E-state index in [1.165, 1.54) is 0 Å². The van der Waals surface area contributed by atoms with Gasteiger partial charge in [-0.05, 0) is 84.5 Å². The molecule has 0 saturated carbocycles. The highest BCUT2D eigenvalue weighted by molar-refractivity contribution is 5.93. The largest absolute Gasteiger partial charge is 0.355 e. The zero-order valence-electron chi connectivity index (χ0n) is 17.0. The van der Waals surface area contributed by atoms with Crippen LogP contribution in [0, 0.1) is 11.3 Å². The van der Waals surface area contributed by atoms with Gasteiger partial charge in [0.05, 0.1) is 34.4 Å². The van der Waals surface area contributed by atoms with Crippen molar-refractivity contribution in [3.63, 3.8) is 0 Å². The summed E-state index contributed by atoms with van der Waals surface area (Å²) in [5.74, 6) is 0. The van der Waals surface area contributed by atoms with Crippen molar-refractivity contribution in [1.29, 1.82) is 5.26 Å². The fourth-order valence-corrected chi connectivity index (χ4v) is 3.97. The summed E-state index contributed by atoms with van der Waals surface area (Å²) in [6.45, 7) is 0. The molecule has 5 heteroatoms. The van der Waals surface area contributed by atoms with Gasteiger partial charge >= 0.3 is 0 Å². The van der Waals surface area contributed by atoms with Gasteiger partial charge in [-0.25, -0.2) is 9.97 Å². The minimum absolute atomic E-state index is 0.636. The van der Waals surface area contributed by atoms with Crippen LogP contribution in [0.3, 0.4) is 0 Å². The maximum atomic E-state index is 9.13. The van der Waals surface area contributed by atoms with Gasteiger partial charge in [0.15, 0.2) is 0 Å². The van der Waals surface area contributed by atoms with Gasteiger partial charge in [-0.1, -0.05) is 12.1 Å². The molecule has 0 saturated heterocycles. The van der Waals surface area contributed by atoms with Crippen LogP contribution in [0.5, 0.6) is 0 Å². The maximum absolute atomic E-state index is 9.13. The topological polar surface area (TPSA) is 81.2 Å². The number of nitriles is 1. The third kappa shape index (κ3) is 3.40. The molecule has 5 heterocycles. The maximum Gasteiger partial charge on any atom is 0.0991 e. The average Bonchev–Trinajstić information content (AvgIpc) is 3.59. The normalized spacial score (nSPS) is 12.4. The standard InChI is InChI=1S/C27H17N5/c28-16-17-1-3-18(4-2-17)26-14-25-13-23-8-7-21(30-23)11-19-5-6-20(29-19)12-22-9-10-24(31-22)15-27(26)32-25/h1-15,29-30H. The third-order valence-corrected chi connectivity index (χ3v) is 5.49. The molecule has 1 aromatic carbocycles. The summed E-state index contributed by atoms with van der Waals surface area (Å²) in [4.78, 5) is 16.4. The van der Waals surface area contributed by atoms with Crippen LogP contribution in [-0.4, -0.2) is 19.9 Å². The first-order valence-corrected chi connectivity index (χ1v) is 10.3. The van der Waals surface area contributed by atoms with Crippen molar-refractivity contribution >= 4 is 45.9 Å². The zero-order chi connectivity index (χ0) is 21.5. The van der Waals surface area contributed by atoms with Gasteiger partial charge in [0, 0.05) is 27.6 Å². The van der Waals surface area contributed by atoms with Crippen LogP contribution in [0.1, 0.15) is 33.9 Å². The average molecular weight is 411 g/mol. The number of hydrogen-bond acceptors (Lipinski definition) is 3. The molecule has 0 radical (unpaired) electrons. The minimum Gasteiger partial charge on any atom is -0.355 e. The SMILES string of the molecule is N#Cc1ccc(C2=Cc3cc4ccc(cc5ccc(cc6nc(cc2n3)C=C6)[nH]5)[nH]4)cc1. The first-order valence-electron chi connectivity index (χ1n) is 10.3. The number of fused-ring (bicyclic) bond motifs is 8. The number of hydrogen-bond donors (Lipinski definition) is 2. The second kappa shape index (κ2) is 7.22. The molecule has 0 unspecified atom stereocenters. The van der Waals surface area contributed by atoms with E-state index in [1.807, 2.05) is 66.7 Å².